The molecule has 3 nitrogen and oxygen atoms in total. The predicted octanol–water partition coefficient (Wildman–Crippen LogP) is 11.8. The van der Waals surface area contributed by atoms with Gasteiger partial charge < -0.3 is 0 Å². The van der Waals surface area contributed by atoms with Crippen LogP contribution in [-0.2, 0) is 6.42 Å². The SMILES string of the molecule is CC1=C2c3c(C)cccc3-c3ccc(-c4nc(-c5ccccc5)nc(-c5cccc6c5Cc5ccccc5-6)n4)c4c3C2C2=C(C(C)C=CC2=C1)C4C. The Kier molecular flexibility index (Phi) is 6.18. The Balaban J connectivity index is 1.20. The first-order chi connectivity index (χ1) is 25.5. The van der Waals surface area contributed by atoms with Crippen molar-refractivity contribution in [2.24, 2.45) is 5.92 Å². The summed E-state index contributed by atoms with van der Waals surface area (Å²) in [6.45, 7) is 9.38. The number of fused-ring (bicyclic) bond motifs is 6. The van der Waals surface area contributed by atoms with Crippen LogP contribution in [0.1, 0.15) is 66.0 Å². The van der Waals surface area contributed by atoms with E-state index >= 15 is 0 Å². The molecule has 0 N–H and O–H groups in total. The van der Waals surface area contributed by atoms with Crippen LogP contribution in [0.3, 0.4) is 0 Å². The molecule has 0 saturated carbocycles. The van der Waals surface area contributed by atoms with Crippen molar-refractivity contribution in [1.82, 2.24) is 15.0 Å². The molecule has 0 amide bonds. The van der Waals surface area contributed by atoms with Gasteiger partial charge in [-0.3, -0.25) is 0 Å². The van der Waals surface area contributed by atoms with Crippen LogP contribution in [0.5, 0.6) is 0 Å². The largest absolute Gasteiger partial charge is 0.208 e. The quantitative estimate of drug-likeness (QED) is 0.188. The number of allylic oxidation sites excluding steroid dienone is 8. The van der Waals surface area contributed by atoms with Crippen LogP contribution in [0.2, 0.25) is 0 Å². The van der Waals surface area contributed by atoms with Gasteiger partial charge in [-0.25, -0.2) is 15.0 Å². The van der Waals surface area contributed by atoms with Crippen LogP contribution < -0.4 is 0 Å². The molecular weight excluding hydrogens is 631 g/mol. The van der Waals surface area contributed by atoms with Gasteiger partial charge in [0.1, 0.15) is 0 Å². The van der Waals surface area contributed by atoms with Gasteiger partial charge in [-0.1, -0.05) is 141 Å². The summed E-state index contributed by atoms with van der Waals surface area (Å²) in [4.78, 5) is 16.0. The first-order valence-corrected chi connectivity index (χ1v) is 18.6. The zero-order valence-electron chi connectivity index (χ0n) is 29.8. The number of aryl methyl sites for hydroxylation is 1. The standard InChI is InChI=1S/C49H37N3/c1-26-12-10-18-35-36-22-23-38(43-29(4)40-27(2)20-21-32-24-28(3)42(41(26)35)46(44(32)40)45(36)43)49-51-47(30-13-6-5-7-14-30)50-48(52-49)37-19-11-17-34-33-16-9-8-15-31(33)25-39(34)37/h5-24,27,29,46H,25H2,1-4H3. The van der Waals surface area contributed by atoms with Gasteiger partial charge in [0.2, 0.25) is 0 Å². The van der Waals surface area contributed by atoms with Crippen LogP contribution in [0, 0.1) is 12.8 Å². The molecule has 5 aliphatic carbocycles. The number of aromatic nitrogens is 3. The molecule has 6 aromatic rings. The first kappa shape index (κ1) is 29.8. The van der Waals surface area contributed by atoms with Crippen molar-refractivity contribution in [3.05, 3.63) is 177 Å². The van der Waals surface area contributed by atoms with Gasteiger partial charge in [0.05, 0.1) is 0 Å². The fraction of sp³-hybridized carbons (Fsp3) is 0.163. The molecule has 5 aliphatic rings. The number of hydrogen-bond donors (Lipinski definition) is 0. The van der Waals surface area contributed by atoms with Crippen molar-refractivity contribution < 1.29 is 0 Å². The average Bonchev–Trinajstić information content (AvgIpc) is 3.56. The van der Waals surface area contributed by atoms with Crippen LogP contribution in [-0.4, -0.2) is 15.0 Å². The number of benzene rings is 5. The average molecular weight is 668 g/mol. The molecular formula is C49H37N3. The van der Waals surface area contributed by atoms with Crippen molar-refractivity contribution in [1.29, 1.82) is 0 Å². The topological polar surface area (TPSA) is 38.7 Å². The molecule has 248 valence electrons. The second kappa shape index (κ2) is 10.8. The molecule has 0 bridgehead atoms. The fourth-order valence-corrected chi connectivity index (χ4v) is 10.2. The minimum Gasteiger partial charge on any atom is -0.208 e. The lowest BCUT2D eigenvalue weighted by atomic mass is 9.56. The predicted molar refractivity (Wildman–Crippen MR) is 212 cm³/mol. The van der Waals surface area contributed by atoms with E-state index in [1.54, 1.807) is 0 Å². The molecule has 0 aliphatic heterocycles. The van der Waals surface area contributed by atoms with E-state index in [0.717, 1.165) is 34.8 Å². The van der Waals surface area contributed by atoms with Crippen LogP contribution in [0.15, 0.2) is 144 Å². The minimum atomic E-state index is 0.183. The Labute approximate surface area is 304 Å². The Hall–Kier alpha value is -5.93. The Morgan fingerprint density at radius 3 is 2.13 bits per heavy atom. The summed E-state index contributed by atoms with van der Waals surface area (Å²) in [7, 11) is 0. The molecule has 52 heavy (non-hydrogen) atoms. The molecule has 11 rings (SSSR count). The van der Waals surface area contributed by atoms with E-state index in [9.17, 15) is 0 Å². The molecule has 1 aromatic heterocycles. The molecule has 3 atom stereocenters. The fourth-order valence-electron chi connectivity index (χ4n) is 10.2. The van der Waals surface area contributed by atoms with Crippen LogP contribution in [0.25, 0.3) is 62.0 Å². The maximum absolute atomic E-state index is 5.45. The maximum atomic E-state index is 5.45. The van der Waals surface area contributed by atoms with Gasteiger partial charge in [-0.05, 0) is 104 Å². The van der Waals surface area contributed by atoms with E-state index in [-0.39, 0.29) is 11.8 Å². The minimum absolute atomic E-state index is 0.183. The molecule has 0 saturated heterocycles. The highest BCUT2D eigenvalue weighted by Gasteiger charge is 2.46. The van der Waals surface area contributed by atoms with E-state index in [0.29, 0.717) is 11.7 Å². The number of rotatable bonds is 3. The van der Waals surface area contributed by atoms with Crippen molar-refractivity contribution >= 4 is 5.57 Å². The van der Waals surface area contributed by atoms with E-state index in [4.69, 9.17) is 15.0 Å². The Morgan fingerprint density at radius 1 is 0.577 bits per heavy atom. The molecule has 1 heterocycles. The van der Waals surface area contributed by atoms with E-state index in [2.05, 4.69) is 143 Å². The normalized spacial score (nSPS) is 19.9. The second-order valence-electron chi connectivity index (χ2n) is 15.2. The third-order valence-electron chi connectivity index (χ3n) is 12.4. The molecule has 0 fully saturated rings. The van der Waals surface area contributed by atoms with Crippen molar-refractivity contribution in [2.75, 3.05) is 0 Å². The van der Waals surface area contributed by atoms with E-state index in [1.807, 2.05) is 6.07 Å². The van der Waals surface area contributed by atoms with Gasteiger partial charge >= 0.3 is 0 Å². The maximum Gasteiger partial charge on any atom is 0.164 e. The lowest BCUT2D eigenvalue weighted by Crippen LogP contribution is -2.30. The molecule has 0 spiro atoms. The molecule has 3 heteroatoms. The Morgan fingerprint density at radius 2 is 1.27 bits per heavy atom. The van der Waals surface area contributed by atoms with Gasteiger partial charge in [0.15, 0.2) is 17.5 Å². The lowest BCUT2D eigenvalue weighted by Gasteiger charge is -2.47. The van der Waals surface area contributed by atoms with E-state index < -0.39 is 0 Å². The summed E-state index contributed by atoms with van der Waals surface area (Å²) in [5.41, 5.74) is 23.9. The molecule has 3 unspecified atom stereocenters. The zero-order chi connectivity index (χ0) is 34.8. The number of hydrogen-bond acceptors (Lipinski definition) is 3. The third kappa shape index (κ3) is 3.99. The van der Waals surface area contributed by atoms with Gasteiger partial charge in [0.25, 0.3) is 0 Å². The summed E-state index contributed by atoms with van der Waals surface area (Å²) in [6, 6.07) is 37.2. The second-order valence-corrected chi connectivity index (χ2v) is 15.2. The highest BCUT2D eigenvalue weighted by Crippen LogP contribution is 2.63. The van der Waals surface area contributed by atoms with Crippen molar-refractivity contribution in [3.8, 4) is 56.4 Å². The number of nitrogens with zero attached hydrogens (tertiary/aromatic N) is 3. The summed E-state index contributed by atoms with van der Waals surface area (Å²) in [5.74, 6) is 2.90. The molecule has 0 radical (unpaired) electrons. The zero-order valence-corrected chi connectivity index (χ0v) is 29.8. The van der Waals surface area contributed by atoms with Crippen molar-refractivity contribution in [2.45, 2.75) is 46.0 Å². The van der Waals surface area contributed by atoms with Crippen LogP contribution in [0.4, 0.5) is 0 Å². The highest BCUT2D eigenvalue weighted by atomic mass is 15.0. The van der Waals surface area contributed by atoms with Crippen LogP contribution >= 0.6 is 0 Å². The first-order valence-electron chi connectivity index (χ1n) is 18.6. The van der Waals surface area contributed by atoms with E-state index in [1.165, 1.54) is 83.5 Å². The summed E-state index contributed by atoms with van der Waals surface area (Å²) >= 11 is 0. The Bertz CT molecular complexity index is 2700. The molecule has 5 aromatic carbocycles. The van der Waals surface area contributed by atoms with Gasteiger partial charge in [-0.2, -0.15) is 0 Å². The third-order valence-corrected chi connectivity index (χ3v) is 12.4. The highest BCUT2D eigenvalue weighted by molar-refractivity contribution is 6.00. The summed E-state index contributed by atoms with van der Waals surface area (Å²) in [5, 5.41) is 0. The van der Waals surface area contributed by atoms with Crippen molar-refractivity contribution in [3.63, 3.8) is 0 Å². The van der Waals surface area contributed by atoms with Gasteiger partial charge in [-0.15, -0.1) is 0 Å². The lowest BCUT2D eigenvalue weighted by molar-refractivity contribution is 0.673. The summed E-state index contributed by atoms with van der Waals surface area (Å²) < 4.78 is 0. The smallest absolute Gasteiger partial charge is 0.164 e. The monoisotopic (exact) mass is 667 g/mol. The van der Waals surface area contributed by atoms with Gasteiger partial charge in [0, 0.05) is 28.5 Å². The summed E-state index contributed by atoms with van der Waals surface area (Å²) in [6.07, 6.45) is 8.09.